The number of nitrogens with zero attached hydrogens (tertiary/aromatic N) is 1. The Bertz CT molecular complexity index is 801. The van der Waals surface area contributed by atoms with Crippen LogP contribution in [0, 0.1) is 15.9 Å². The highest BCUT2D eigenvalue weighted by atomic mass is 19.1. The van der Waals surface area contributed by atoms with E-state index in [1.807, 2.05) is 0 Å². The summed E-state index contributed by atoms with van der Waals surface area (Å²) in [6.45, 7) is 5.28. The van der Waals surface area contributed by atoms with Crippen molar-refractivity contribution in [1.29, 1.82) is 0 Å². The molecule has 2 aromatic rings. The molecule has 0 fully saturated rings. The third kappa shape index (κ3) is 6.68. The zero-order valence-corrected chi connectivity index (χ0v) is 14.6. The zero-order valence-electron chi connectivity index (χ0n) is 14.6. The minimum atomic E-state index is -0.765. The number of primary amides is 1. The van der Waals surface area contributed by atoms with Crippen LogP contribution in [0.1, 0.15) is 36.7 Å². The first kappa shape index (κ1) is 20.8. The zero-order chi connectivity index (χ0) is 19.9. The Balaban J connectivity index is 0.000000359. The van der Waals surface area contributed by atoms with Gasteiger partial charge in [-0.1, -0.05) is 30.3 Å². The number of amides is 1. The number of rotatable bonds is 3. The number of hydrogen-bond donors (Lipinski definition) is 1. The van der Waals surface area contributed by atoms with E-state index in [1.165, 1.54) is 0 Å². The third-order valence-corrected chi connectivity index (χ3v) is 2.84. The van der Waals surface area contributed by atoms with Crippen molar-refractivity contribution in [3.05, 3.63) is 75.6 Å². The van der Waals surface area contributed by atoms with Crippen molar-refractivity contribution in [3.63, 3.8) is 0 Å². The lowest BCUT2D eigenvalue weighted by molar-refractivity contribution is -0.385. The van der Waals surface area contributed by atoms with E-state index in [4.69, 9.17) is 5.73 Å². The van der Waals surface area contributed by atoms with Crippen molar-refractivity contribution >= 4 is 17.6 Å². The fourth-order valence-electron chi connectivity index (χ4n) is 1.89. The van der Waals surface area contributed by atoms with Gasteiger partial charge in [0.2, 0.25) is 0 Å². The average molecular weight is 362 g/mol. The van der Waals surface area contributed by atoms with Crippen molar-refractivity contribution in [2.45, 2.75) is 26.4 Å². The maximum absolute atomic E-state index is 13.0. The molecule has 8 heteroatoms. The van der Waals surface area contributed by atoms with E-state index >= 15 is 0 Å². The van der Waals surface area contributed by atoms with E-state index in [2.05, 4.69) is 4.74 Å². The summed E-state index contributed by atoms with van der Waals surface area (Å²) in [6.07, 6.45) is -0.725. The number of ether oxygens (including phenoxy) is 1. The highest BCUT2D eigenvalue weighted by molar-refractivity contribution is 6.11. The summed E-state index contributed by atoms with van der Waals surface area (Å²) >= 11 is 0. The monoisotopic (exact) mass is 362 g/mol. The Kier molecular flexibility index (Phi) is 6.95. The topological polar surface area (TPSA) is 113 Å². The van der Waals surface area contributed by atoms with Crippen LogP contribution in [0.3, 0.4) is 0 Å². The molecule has 0 heterocycles. The van der Waals surface area contributed by atoms with Gasteiger partial charge in [0, 0.05) is 5.56 Å². The van der Waals surface area contributed by atoms with Gasteiger partial charge in [-0.3, -0.25) is 14.9 Å². The van der Waals surface area contributed by atoms with Crippen LogP contribution in [0.15, 0.2) is 48.5 Å². The van der Waals surface area contributed by atoms with E-state index in [1.54, 1.807) is 51.1 Å². The number of hydrogen-bond acceptors (Lipinski definition) is 5. The van der Waals surface area contributed by atoms with E-state index in [9.17, 15) is 24.1 Å². The quantitative estimate of drug-likeness (QED) is 0.506. The van der Waals surface area contributed by atoms with E-state index in [-0.39, 0.29) is 5.56 Å². The largest absolute Gasteiger partial charge is 0.444 e. The van der Waals surface area contributed by atoms with Crippen LogP contribution in [0.5, 0.6) is 0 Å². The molecule has 0 spiro atoms. The van der Waals surface area contributed by atoms with Gasteiger partial charge >= 0.3 is 6.09 Å². The molecule has 138 valence electrons. The molecule has 0 aliphatic rings. The van der Waals surface area contributed by atoms with Gasteiger partial charge in [0.05, 0.1) is 11.0 Å². The Hall–Kier alpha value is -3.29. The highest BCUT2D eigenvalue weighted by Gasteiger charge is 2.21. The Labute approximate surface area is 149 Å². The number of halogens is 1. The molecule has 26 heavy (non-hydrogen) atoms. The molecular formula is C18H19FN2O5. The number of nitro benzene ring substituents is 1. The molecule has 0 saturated heterocycles. The van der Waals surface area contributed by atoms with Crippen LogP contribution in [0.25, 0.3) is 0 Å². The minimum absolute atomic E-state index is 0.118. The summed E-state index contributed by atoms with van der Waals surface area (Å²) in [5, 5.41) is 10.8. The molecule has 0 aliphatic heterocycles. The summed E-state index contributed by atoms with van der Waals surface area (Å²) in [5.41, 5.74) is 3.95. The molecule has 1 amide bonds. The van der Waals surface area contributed by atoms with Crippen LogP contribution in [0.4, 0.5) is 14.9 Å². The van der Waals surface area contributed by atoms with Crippen LogP contribution >= 0.6 is 0 Å². The fourth-order valence-corrected chi connectivity index (χ4v) is 1.89. The predicted octanol–water partition coefficient (Wildman–Crippen LogP) is 3.85. The van der Waals surface area contributed by atoms with E-state index in [0.29, 0.717) is 5.56 Å². The molecule has 0 saturated carbocycles. The van der Waals surface area contributed by atoms with Crippen molar-refractivity contribution in [2.75, 3.05) is 0 Å². The van der Waals surface area contributed by atoms with Crippen LogP contribution in [0.2, 0.25) is 0 Å². The van der Waals surface area contributed by atoms with Gasteiger partial charge in [0.1, 0.15) is 17.0 Å². The van der Waals surface area contributed by atoms with Crippen LogP contribution in [-0.4, -0.2) is 22.4 Å². The Morgan fingerprint density at radius 1 is 1.12 bits per heavy atom. The average Bonchev–Trinajstić information content (AvgIpc) is 2.53. The van der Waals surface area contributed by atoms with Gasteiger partial charge in [-0.15, -0.1) is 0 Å². The molecule has 0 aromatic heterocycles. The smallest absolute Gasteiger partial charge is 0.405 e. The number of nitrogens with two attached hydrogens (primary N) is 1. The first-order valence-corrected chi connectivity index (χ1v) is 7.53. The maximum Gasteiger partial charge on any atom is 0.405 e. The molecule has 2 aromatic carbocycles. The number of benzene rings is 2. The summed E-state index contributed by atoms with van der Waals surface area (Å²) < 4.78 is 17.5. The standard InChI is InChI=1S/C13H8FNO3.C5H11NO2/c14-10-6-7-11(12(8-10)15(17)18)13(16)9-4-2-1-3-5-9;1-5(2,3)8-4(6)7/h1-8H;1-3H3,(H2,6,7). The van der Waals surface area contributed by atoms with Gasteiger partial charge < -0.3 is 10.5 Å². The van der Waals surface area contributed by atoms with Crippen molar-refractivity contribution < 1.29 is 23.6 Å². The molecule has 2 rings (SSSR count). The minimum Gasteiger partial charge on any atom is -0.444 e. The predicted molar refractivity (Wildman–Crippen MR) is 93.4 cm³/mol. The summed E-state index contributed by atoms with van der Waals surface area (Å²) in [5.74, 6) is -1.24. The fraction of sp³-hybridized carbons (Fsp3) is 0.222. The summed E-state index contributed by atoms with van der Waals surface area (Å²) in [7, 11) is 0. The van der Waals surface area contributed by atoms with Gasteiger partial charge in [-0.2, -0.15) is 0 Å². The number of carbonyl (C=O) groups excluding carboxylic acids is 2. The SMILES string of the molecule is CC(C)(C)OC(N)=O.O=C(c1ccccc1)c1ccc(F)cc1[N+](=O)[O-]. The van der Waals surface area contributed by atoms with E-state index < -0.39 is 33.9 Å². The molecule has 0 bridgehead atoms. The first-order chi connectivity index (χ1) is 12.0. The van der Waals surface area contributed by atoms with Gasteiger partial charge in [0.15, 0.2) is 5.78 Å². The van der Waals surface area contributed by atoms with Gasteiger partial charge in [-0.25, -0.2) is 9.18 Å². The van der Waals surface area contributed by atoms with Crippen LogP contribution < -0.4 is 5.73 Å². The molecule has 0 aliphatic carbocycles. The molecule has 7 nitrogen and oxygen atoms in total. The third-order valence-electron chi connectivity index (χ3n) is 2.84. The lowest BCUT2D eigenvalue weighted by atomic mass is 10.0. The first-order valence-electron chi connectivity index (χ1n) is 7.53. The number of nitro groups is 1. The number of carbonyl (C=O) groups is 2. The second-order valence-electron chi connectivity index (χ2n) is 6.15. The maximum atomic E-state index is 13.0. The Morgan fingerprint density at radius 3 is 2.12 bits per heavy atom. The molecule has 0 atom stereocenters. The van der Waals surface area contributed by atoms with E-state index in [0.717, 1.165) is 18.2 Å². The molecular weight excluding hydrogens is 343 g/mol. The van der Waals surface area contributed by atoms with Crippen molar-refractivity contribution in [3.8, 4) is 0 Å². The van der Waals surface area contributed by atoms with Crippen molar-refractivity contribution in [2.24, 2.45) is 5.73 Å². The van der Waals surface area contributed by atoms with Crippen molar-refractivity contribution in [1.82, 2.24) is 0 Å². The second-order valence-corrected chi connectivity index (χ2v) is 6.15. The Morgan fingerprint density at radius 2 is 1.69 bits per heavy atom. The normalized spacial score (nSPS) is 10.3. The summed E-state index contributed by atoms with van der Waals surface area (Å²) in [4.78, 5) is 32.1. The van der Waals surface area contributed by atoms with Gasteiger partial charge in [0.25, 0.3) is 5.69 Å². The highest BCUT2D eigenvalue weighted by Crippen LogP contribution is 2.22. The number of ketones is 1. The molecule has 0 radical (unpaired) electrons. The second kappa shape index (κ2) is 8.70. The lowest BCUT2D eigenvalue weighted by Gasteiger charge is -2.16. The molecule has 0 unspecified atom stereocenters. The lowest BCUT2D eigenvalue weighted by Crippen LogP contribution is -2.27. The summed E-state index contributed by atoms with van der Waals surface area (Å²) in [6, 6.07) is 11.0. The molecule has 2 N–H and O–H groups in total. The van der Waals surface area contributed by atoms with Gasteiger partial charge in [-0.05, 0) is 32.9 Å². The van der Waals surface area contributed by atoms with Crippen LogP contribution in [-0.2, 0) is 4.74 Å².